The van der Waals surface area contributed by atoms with Crippen molar-refractivity contribution in [3.63, 3.8) is 0 Å². The van der Waals surface area contributed by atoms with E-state index in [1.165, 1.54) is 6.07 Å². The van der Waals surface area contributed by atoms with Gasteiger partial charge in [-0.15, -0.1) is 0 Å². The van der Waals surface area contributed by atoms with Crippen LogP contribution in [0.15, 0.2) is 16.6 Å². The lowest BCUT2D eigenvalue weighted by Crippen LogP contribution is -2.12. The molecule has 0 aliphatic heterocycles. The number of nitrogens with zero attached hydrogens (tertiary/aromatic N) is 3. The van der Waals surface area contributed by atoms with Crippen LogP contribution in [0, 0.1) is 11.6 Å². The van der Waals surface area contributed by atoms with Crippen LogP contribution in [-0.2, 0) is 0 Å². The molecule has 1 aromatic carbocycles. The van der Waals surface area contributed by atoms with Crippen LogP contribution in [0.4, 0.5) is 26.4 Å². The van der Waals surface area contributed by atoms with Crippen LogP contribution in [0.25, 0.3) is 0 Å². The van der Waals surface area contributed by atoms with Crippen molar-refractivity contribution in [3.05, 3.63) is 28.2 Å². The van der Waals surface area contributed by atoms with Gasteiger partial charge in [-0.2, -0.15) is 15.0 Å². The van der Waals surface area contributed by atoms with Crippen LogP contribution < -0.4 is 15.8 Å². The number of nitrogen functional groups attached to an aromatic ring is 1. The third-order valence-electron chi connectivity index (χ3n) is 2.23. The zero-order valence-corrected chi connectivity index (χ0v) is 12.8. The standard InChI is InChI=1S/C12H12BrF2N5O/c1-5(2)21-12-19-10(16)18-11(20-12)17-9-3-6(13)7(14)4-8(9)15/h3-5H,1-2H3,(H3,16,17,18,19,20). The normalized spacial score (nSPS) is 10.8. The third kappa shape index (κ3) is 3.97. The highest BCUT2D eigenvalue weighted by Crippen LogP contribution is 2.26. The van der Waals surface area contributed by atoms with E-state index in [1.54, 1.807) is 13.8 Å². The van der Waals surface area contributed by atoms with Gasteiger partial charge < -0.3 is 15.8 Å². The predicted molar refractivity (Wildman–Crippen MR) is 77.3 cm³/mol. The fourth-order valence-electron chi connectivity index (χ4n) is 1.43. The molecule has 0 bridgehead atoms. The van der Waals surface area contributed by atoms with Crippen molar-refractivity contribution in [1.82, 2.24) is 15.0 Å². The van der Waals surface area contributed by atoms with Gasteiger partial charge in [0.05, 0.1) is 16.3 Å². The van der Waals surface area contributed by atoms with E-state index in [9.17, 15) is 8.78 Å². The van der Waals surface area contributed by atoms with Crippen LogP contribution in [0.5, 0.6) is 6.01 Å². The number of anilines is 3. The molecule has 0 atom stereocenters. The Morgan fingerprint density at radius 1 is 1.19 bits per heavy atom. The molecule has 0 unspecified atom stereocenters. The number of rotatable bonds is 4. The number of nitrogens with two attached hydrogens (primary N) is 1. The van der Waals surface area contributed by atoms with Crippen molar-refractivity contribution in [3.8, 4) is 6.01 Å². The van der Waals surface area contributed by atoms with Crippen molar-refractivity contribution in [2.75, 3.05) is 11.1 Å². The molecular weight excluding hydrogens is 348 g/mol. The van der Waals surface area contributed by atoms with E-state index in [-0.39, 0.29) is 34.2 Å². The Labute approximate surface area is 127 Å². The zero-order valence-electron chi connectivity index (χ0n) is 11.2. The van der Waals surface area contributed by atoms with E-state index < -0.39 is 11.6 Å². The Bertz CT molecular complexity index is 668. The van der Waals surface area contributed by atoms with Crippen LogP contribution in [0.1, 0.15) is 13.8 Å². The first-order chi connectivity index (χ1) is 9.85. The quantitative estimate of drug-likeness (QED) is 0.816. The Hall–Kier alpha value is -2.03. The number of halogens is 3. The van der Waals surface area contributed by atoms with Crippen LogP contribution >= 0.6 is 15.9 Å². The average molecular weight is 360 g/mol. The van der Waals surface area contributed by atoms with Gasteiger partial charge >= 0.3 is 6.01 Å². The molecule has 0 spiro atoms. The molecule has 2 rings (SSSR count). The maximum atomic E-state index is 13.7. The first-order valence-corrected chi connectivity index (χ1v) is 6.74. The lowest BCUT2D eigenvalue weighted by atomic mass is 10.3. The molecule has 3 N–H and O–H groups in total. The fourth-order valence-corrected chi connectivity index (χ4v) is 1.77. The maximum Gasteiger partial charge on any atom is 0.323 e. The van der Waals surface area contributed by atoms with Gasteiger partial charge in [0.1, 0.15) is 11.6 Å². The summed E-state index contributed by atoms with van der Waals surface area (Å²) in [5.41, 5.74) is 5.53. The third-order valence-corrected chi connectivity index (χ3v) is 2.84. The second-order valence-corrected chi connectivity index (χ2v) is 5.19. The summed E-state index contributed by atoms with van der Waals surface area (Å²) in [6, 6.07) is 1.98. The molecule has 0 radical (unpaired) electrons. The topological polar surface area (TPSA) is 86.0 Å². The number of ether oxygens (including phenoxy) is 1. The van der Waals surface area contributed by atoms with Crippen molar-refractivity contribution >= 4 is 33.5 Å². The number of benzene rings is 1. The molecule has 21 heavy (non-hydrogen) atoms. The Kier molecular flexibility index (Phi) is 4.51. The minimum absolute atomic E-state index is 0.00411. The Morgan fingerprint density at radius 3 is 2.57 bits per heavy atom. The summed E-state index contributed by atoms with van der Waals surface area (Å²) in [7, 11) is 0. The van der Waals surface area contributed by atoms with E-state index in [2.05, 4.69) is 36.2 Å². The zero-order chi connectivity index (χ0) is 15.6. The molecule has 112 valence electrons. The minimum atomic E-state index is -0.791. The fraction of sp³-hybridized carbons (Fsp3) is 0.250. The van der Waals surface area contributed by atoms with Gasteiger partial charge in [0.15, 0.2) is 0 Å². The number of hydrogen-bond acceptors (Lipinski definition) is 6. The summed E-state index contributed by atoms with van der Waals surface area (Å²) in [6.07, 6.45) is -0.156. The number of hydrogen-bond donors (Lipinski definition) is 2. The highest BCUT2D eigenvalue weighted by Gasteiger charge is 2.12. The monoisotopic (exact) mass is 359 g/mol. The highest BCUT2D eigenvalue weighted by molar-refractivity contribution is 9.10. The number of aromatic nitrogens is 3. The van der Waals surface area contributed by atoms with Crippen molar-refractivity contribution in [2.45, 2.75) is 20.0 Å². The maximum absolute atomic E-state index is 13.7. The summed E-state index contributed by atoms with van der Waals surface area (Å²) in [5, 5.41) is 2.60. The van der Waals surface area contributed by atoms with Gasteiger partial charge in [0.25, 0.3) is 0 Å². The molecule has 0 amide bonds. The molecule has 1 aromatic heterocycles. The lowest BCUT2D eigenvalue weighted by molar-refractivity contribution is 0.222. The summed E-state index contributed by atoms with van der Waals surface area (Å²) in [6.45, 7) is 3.59. The van der Waals surface area contributed by atoms with E-state index in [0.717, 1.165) is 6.07 Å². The average Bonchev–Trinajstić information content (AvgIpc) is 2.34. The molecule has 1 heterocycles. The van der Waals surface area contributed by atoms with Crippen LogP contribution in [-0.4, -0.2) is 21.1 Å². The second-order valence-electron chi connectivity index (χ2n) is 4.34. The van der Waals surface area contributed by atoms with Gasteiger partial charge in [-0.05, 0) is 35.8 Å². The smallest absolute Gasteiger partial charge is 0.323 e. The minimum Gasteiger partial charge on any atom is -0.461 e. The molecule has 9 heteroatoms. The molecule has 0 saturated carbocycles. The van der Waals surface area contributed by atoms with Crippen molar-refractivity contribution in [1.29, 1.82) is 0 Å². The van der Waals surface area contributed by atoms with Gasteiger partial charge in [0, 0.05) is 6.07 Å². The summed E-state index contributed by atoms with van der Waals surface area (Å²) in [4.78, 5) is 11.6. The molecule has 0 aliphatic carbocycles. The summed E-state index contributed by atoms with van der Waals surface area (Å²) >= 11 is 2.97. The van der Waals surface area contributed by atoms with E-state index in [1.807, 2.05) is 0 Å². The molecule has 2 aromatic rings. The Balaban J connectivity index is 2.31. The highest BCUT2D eigenvalue weighted by atomic mass is 79.9. The molecule has 6 nitrogen and oxygen atoms in total. The van der Waals surface area contributed by atoms with Crippen molar-refractivity contribution in [2.24, 2.45) is 0 Å². The predicted octanol–water partition coefficient (Wildman–Crippen LogP) is 3.03. The van der Waals surface area contributed by atoms with E-state index in [0.29, 0.717) is 0 Å². The van der Waals surface area contributed by atoms with Gasteiger partial charge in [-0.1, -0.05) is 0 Å². The summed E-state index contributed by atoms with van der Waals surface area (Å²) < 4.78 is 32.2. The largest absolute Gasteiger partial charge is 0.461 e. The number of nitrogens with one attached hydrogen (secondary N) is 1. The van der Waals surface area contributed by atoms with E-state index in [4.69, 9.17) is 10.5 Å². The lowest BCUT2D eigenvalue weighted by Gasteiger charge is -2.11. The first-order valence-electron chi connectivity index (χ1n) is 5.95. The molecular formula is C12H12BrF2N5O. The summed E-state index contributed by atoms with van der Waals surface area (Å²) in [5.74, 6) is -1.58. The SMILES string of the molecule is CC(C)Oc1nc(N)nc(Nc2cc(Br)c(F)cc2F)n1. The Morgan fingerprint density at radius 2 is 1.90 bits per heavy atom. The van der Waals surface area contributed by atoms with E-state index >= 15 is 0 Å². The van der Waals surface area contributed by atoms with Gasteiger partial charge in [0.2, 0.25) is 11.9 Å². The molecule has 0 aliphatic rings. The van der Waals surface area contributed by atoms with Gasteiger partial charge in [-0.3, -0.25) is 0 Å². The molecule has 0 saturated heterocycles. The van der Waals surface area contributed by atoms with Gasteiger partial charge in [-0.25, -0.2) is 8.78 Å². The molecule has 0 fully saturated rings. The second kappa shape index (κ2) is 6.17. The van der Waals surface area contributed by atoms with Crippen LogP contribution in [0.2, 0.25) is 0 Å². The first kappa shape index (κ1) is 15.4. The van der Waals surface area contributed by atoms with Crippen LogP contribution in [0.3, 0.4) is 0 Å². The van der Waals surface area contributed by atoms with Crippen molar-refractivity contribution < 1.29 is 13.5 Å².